The van der Waals surface area contributed by atoms with Gasteiger partial charge in [-0.2, -0.15) is 0 Å². The highest BCUT2D eigenvalue weighted by molar-refractivity contribution is 5.95. The maximum Gasteiger partial charge on any atom is 0.338 e. The Bertz CT molecular complexity index is 680. The first-order valence-corrected chi connectivity index (χ1v) is 7.19. The molecule has 24 heavy (non-hydrogen) atoms. The molecule has 0 aromatic heterocycles. The van der Waals surface area contributed by atoms with Gasteiger partial charge in [-0.3, -0.25) is 0 Å². The molecule has 0 fully saturated rings. The van der Waals surface area contributed by atoms with Crippen molar-refractivity contribution in [1.82, 2.24) is 10.6 Å². The summed E-state index contributed by atoms with van der Waals surface area (Å²) in [6.45, 7) is 1.92. The molecule has 0 saturated heterocycles. The van der Waals surface area contributed by atoms with Crippen molar-refractivity contribution in [3.8, 4) is 0 Å². The van der Waals surface area contributed by atoms with Crippen molar-refractivity contribution < 1.29 is 29.0 Å². The van der Waals surface area contributed by atoms with E-state index >= 15 is 0 Å². The van der Waals surface area contributed by atoms with Gasteiger partial charge < -0.3 is 30.0 Å². The molecular weight excluding hydrogens is 316 g/mol. The van der Waals surface area contributed by atoms with Crippen LogP contribution < -0.4 is 15.7 Å². The zero-order valence-electron chi connectivity index (χ0n) is 13.3. The largest absolute Gasteiger partial charge is 0.545 e. The number of nitrogens with one attached hydrogen (secondary N) is 2. The van der Waals surface area contributed by atoms with E-state index in [1.807, 2.05) is 0 Å². The molecule has 0 spiro atoms. The van der Waals surface area contributed by atoms with E-state index in [-0.39, 0.29) is 24.4 Å². The van der Waals surface area contributed by atoms with Crippen LogP contribution in [0, 0.1) is 0 Å². The van der Waals surface area contributed by atoms with Gasteiger partial charge in [-0.15, -0.1) is 0 Å². The van der Waals surface area contributed by atoms with Crippen LogP contribution in [-0.4, -0.2) is 38.3 Å². The van der Waals surface area contributed by atoms with Crippen molar-refractivity contribution in [3.63, 3.8) is 0 Å². The maximum absolute atomic E-state index is 12.3. The van der Waals surface area contributed by atoms with Crippen LogP contribution in [0.1, 0.15) is 28.9 Å². The first kappa shape index (κ1) is 17.5. The predicted octanol–water partition coefficient (Wildman–Crippen LogP) is -0.132. The number of rotatable bonds is 6. The highest BCUT2D eigenvalue weighted by atomic mass is 16.6. The molecule has 1 aliphatic heterocycles. The van der Waals surface area contributed by atoms with E-state index in [0.717, 1.165) is 0 Å². The third-order valence-electron chi connectivity index (χ3n) is 3.49. The zero-order chi connectivity index (χ0) is 17.7. The van der Waals surface area contributed by atoms with E-state index in [2.05, 4.69) is 10.6 Å². The number of urea groups is 1. The van der Waals surface area contributed by atoms with E-state index < -0.39 is 24.0 Å². The Balaban J connectivity index is 2.30. The molecule has 128 valence electrons. The summed E-state index contributed by atoms with van der Waals surface area (Å²) in [4.78, 5) is 34.9. The number of amides is 2. The maximum atomic E-state index is 12.3. The molecular formula is C16H17N2O6-. The molecule has 1 heterocycles. The van der Waals surface area contributed by atoms with Gasteiger partial charge in [0, 0.05) is 12.8 Å². The van der Waals surface area contributed by atoms with Crippen molar-refractivity contribution in [2.45, 2.75) is 13.0 Å². The normalized spacial score (nSPS) is 17.1. The molecule has 2 rings (SSSR count). The van der Waals surface area contributed by atoms with Crippen LogP contribution in [0.4, 0.5) is 4.79 Å². The summed E-state index contributed by atoms with van der Waals surface area (Å²) >= 11 is 0. The van der Waals surface area contributed by atoms with Crippen LogP contribution >= 0.6 is 0 Å². The number of hydrogen-bond donors (Lipinski definition) is 2. The SMILES string of the molecule is COCCOC(=O)C1=C(C)NC(=O)N[C@@H]1c1ccc(C(=O)[O-])cc1. The monoisotopic (exact) mass is 333 g/mol. The number of aromatic carboxylic acids is 1. The Kier molecular flexibility index (Phi) is 5.54. The zero-order valence-corrected chi connectivity index (χ0v) is 13.3. The van der Waals surface area contributed by atoms with Crippen molar-refractivity contribution in [2.24, 2.45) is 0 Å². The van der Waals surface area contributed by atoms with Gasteiger partial charge >= 0.3 is 12.0 Å². The Morgan fingerprint density at radius 2 is 1.88 bits per heavy atom. The number of carboxylic acids is 1. The van der Waals surface area contributed by atoms with Gasteiger partial charge in [0.05, 0.1) is 24.2 Å². The van der Waals surface area contributed by atoms with Gasteiger partial charge in [0.2, 0.25) is 0 Å². The molecule has 2 amide bonds. The Hall–Kier alpha value is -2.87. The summed E-state index contributed by atoms with van der Waals surface area (Å²) in [5.74, 6) is -1.90. The van der Waals surface area contributed by atoms with Crippen molar-refractivity contribution >= 4 is 18.0 Å². The Labute approximate surface area is 138 Å². The van der Waals surface area contributed by atoms with Crippen LogP contribution in [0.15, 0.2) is 35.5 Å². The molecule has 1 aromatic rings. The topological polar surface area (TPSA) is 117 Å². The van der Waals surface area contributed by atoms with E-state index in [0.29, 0.717) is 11.3 Å². The average molecular weight is 333 g/mol. The van der Waals surface area contributed by atoms with Crippen molar-refractivity contribution in [1.29, 1.82) is 0 Å². The molecule has 0 aliphatic carbocycles. The summed E-state index contributed by atoms with van der Waals surface area (Å²) in [7, 11) is 1.49. The van der Waals surface area contributed by atoms with E-state index in [1.165, 1.54) is 31.4 Å². The van der Waals surface area contributed by atoms with Gasteiger partial charge in [0.15, 0.2) is 0 Å². The van der Waals surface area contributed by atoms with Crippen LogP contribution in [0.2, 0.25) is 0 Å². The summed E-state index contributed by atoms with van der Waals surface area (Å²) in [6, 6.07) is 4.51. The summed E-state index contributed by atoms with van der Waals surface area (Å²) in [5, 5.41) is 16.0. The van der Waals surface area contributed by atoms with Gasteiger partial charge in [-0.1, -0.05) is 24.3 Å². The second-order valence-electron chi connectivity index (χ2n) is 5.11. The molecule has 0 radical (unpaired) electrons. The number of allylic oxidation sites excluding steroid dienone is 1. The summed E-state index contributed by atoms with van der Waals surface area (Å²) < 4.78 is 9.95. The number of carbonyl (C=O) groups excluding carboxylic acids is 3. The minimum absolute atomic E-state index is 0.00364. The first-order chi connectivity index (χ1) is 11.4. The lowest BCUT2D eigenvalue weighted by Gasteiger charge is -2.28. The fourth-order valence-electron chi connectivity index (χ4n) is 2.32. The molecule has 0 unspecified atom stereocenters. The van der Waals surface area contributed by atoms with Crippen molar-refractivity contribution in [3.05, 3.63) is 46.7 Å². The number of hydrogen-bond acceptors (Lipinski definition) is 6. The van der Waals surface area contributed by atoms with Crippen molar-refractivity contribution in [2.75, 3.05) is 20.3 Å². The number of esters is 1. The second kappa shape index (κ2) is 7.60. The van der Waals surface area contributed by atoms with Crippen LogP contribution in [0.5, 0.6) is 0 Å². The third kappa shape index (κ3) is 3.90. The third-order valence-corrected chi connectivity index (χ3v) is 3.49. The molecule has 0 saturated carbocycles. The Morgan fingerprint density at radius 3 is 2.46 bits per heavy atom. The van der Waals surface area contributed by atoms with Gasteiger partial charge in [-0.05, 0) is 18.1 Å². The lowest BCUT2D eigenvalue weighted by Crippen LogP contribution is -2.45. The average Bonchev–Trinajstić information content (AvgIpc) is 2.54. The summed E-state index contributed by atoms with van der Waals surface area (Å²) in [5.41, 5.74) is 1.17. The van der Waals surface area contributed by atoms with E-state index in [1.54, 1.807) is 6.92 Å². The second-order valence-corrected chi connectivity index (χ2v) is 5.11. The molecule has 8 heteroatoms. The van der Waals surface area contributed by atoms with E-state index in [9.17, 15) is 19.5 Å². The highest BCUT2D eigenvalue weighted by Crippen LogP contribution is 2.27. The summed E-state index contributed by atoms with van der Waals surface area (Å²) in [6.07, 6.45) is 0. The molecule has 1 atom stereocenters. The number of ether oxygens (including phenoxy) is 2. The lowest BCUT2D eigenvalue weighted by molar-refractivity contribution is -0.255. The van der Waals surface area contributed by atoms with E-state index in [4.69, 9.17) is 9.47 Å². The fraction of sp³-hybridized carbons (Fsp3) is 0.312. The van der Waals surface area contributed by atoms with Crippen LogP contribution in [-0.2, 0) is 14.3 Å². The van der Waals surface area contributed by atoms with Gasteiger partial charge in [0.1, 0.15) is 6.61 Å². The molecule has 2 N–H and O–H groups in total. The molecule has 1 aromatic carbocycles. The Morgan fingerprint density at radius 1 is 1.21 bits per heavy atom. The fourth-order valence-corrected chi connectivity index (χ4v) is 2.32. The highest BCUT2D eigenvalue weighted by Gasteiger charge is 2.32. The number of carbonyl (C=O) groups is 3. The quantitative estimate of drug-likeness (QED) is 0.553. The molecule has 8 nitrogen and oxygen atoms in total. The smallest absolute Gasteiger partial charge is 0.338 e. The number of methoxy groups -OCH3 is 1. The van der Waals surface area contributed by atoms with Crippen LogP contribution in [0.3, 0.4) is 0 Å². The van der Waals surface area contributed by atoms with Gasteiger partial charge in [-0.25, -0.2) is 9.59 Å². The minimum Gasteiger partial charge on any atom is -0.545 e. The number of benzene rings is 1. The standard InChI is InChI=1S/C16H18N2O6/c1-9-12(15(21)24-8-7-23-2)13(18-16(22)17-9)10-3-5-11(6-4-10)14(19)20/h3-6,13H,7-8H2,1-2H3,(H,19,20)(H2,17,18,22)/p-1/t13-/m1/s1. The minimum atomic E-state index is -1.30. The lowest BCUT2D eigenvalue weighted by atomic mass is 9.95. The van der Waals surface area contributed by atoms with Crippen LogP contribution in [0.25, 0.3) is 0 Å². The molecule has 1 aliphatic rings. The van der Waals surface area contributed by atoms with Gasteiger partial charge in [0.25, 0.3) is 0 Å². The first-order valence-electron chi connectivity index (χ1n) is 7.19. The number of carboxylic acid groups (broad SMARTS) is 1. The predicted molar refractivity (Wildman–Crippen MR) is 80.7 cm³/mol. The molecule has 0 bridgehead atoms.